The van der Waals surface area contributed by atoms with Crippen molar-refractivity contribution in [2.75, 3.05) is 26.3 Å². The molecule has 2 fully saturated rings. The Labute approximate surface area is 148 Å². The summed E-state index contributed by atoms with van der Waals surface area (Å²) in [7, 11) is -3.69. The van der Waals surface area contributed by atoms with Crippen molar-refractivity contribution in [3.05, 3.63) is 12.4 Å². The fourth-order valence-electron chi connectivity index (χ4n) is 3.64. The van der Waals surface area contributed by atoms with Crippen molar-refractivity contribution < 1.29 is 17.9 Å². The first-order chi connectivity index (χ1) is 12.0. The van der Waals surface area contributed by atoms with Crippen molar-refractivity contribution >= 4 is 15.9 Å². The van der Waals surface area contributed by atoms with Crippen LogP contribution in [0, 0.1) is 5.92 Å². The van der Waals surface area contributed by atoms with Crippen LogP contribution in [0.2, 0.25) is 0 Å². The molecule has 1 aliphatic heterocycles. The van der Waals surface area contributed by atoms with E-state index >= 15 is 0 Å². The zero-order chi connectivity index (χ0) is 17.9. The van der Waals surface area contributed by atoms with E-state index in [-0.39, 0.29) is 22.8 Å². The van der Waals surface area contributed by atoms with E-state index in [1.54, 1.807) is 10.9 Å². The number of hydrogen-bond donors (Lipinski definition) is 1. The van der Waals surface area contributed by atoms with Crippen LogP contribution in [0.4, 0.5) is 0 Å². The zero-order valence-electron chi connectivity index (χ0n) is 14.6. The van der Waals surface area contributed by atoms with Crippen LogP contribution in [-0.4, -0.2) is 60.8 Å². The average Bonchev–Trinajstić information content (AvgIpc) is 3.25. The molecule has 1 aromatic rings. The number of aromatic nitrogens is 2. The van der Waals surface area contributed by atoms with Gasteiger partial charge in [0, 0.05) is 38.5 Å². The Hall–Kier alpha value is -1.45. The third-order valence-electron chi connectivity index (χ3n) is 4.94. The van der Waals surface area contributed by atoms with Gasteiger partial charge >= 0.3 is 0 Å². The molecule has 2 heterocycles. The first kappa shape index (κ1) is 18.3. The fraction of sp³-hybridized carbons (Fsp3) is 0.750. The van der Waals surface area contributed by atoms with E-state index in [0.29, 0.717) is 45.7 Å². The van der Waals surface area contributed by atoms with Gasteiger partial charge in [0.05, 0.1) is 18.7 Å². The molecule has 0 bridgehead atoms. The number of fused-ring (bicyclic) bond motifs is 1. The molecule has 1 N–H and O–H groups in total. The number of nitrogens with zero attached hydrogens (tertiary/aromatic N) is 3. The molecule has 2 unspecified atom stereocenters. The average molecular weight is 370 g/mol. The predicted octanol–water partition coefficient (Wildman–Crippen LogP) is 0.599. The highest BCUT2D eigenvalue weighted by Gasteiger charge is 2.42. The Kier molecular flexibility index (Phi) is 5.75. The van der Waals surface area contributed by atoms with Crippen LogP contribution in [0.5, 0.6) is 0 Å². The molecule has 25 heavy (non-hydrogen) atoms. The van der Waals surface area contributed by atoms with Crippen molar-refractivity contribution in [1.29, 1.82) is 0 Å². The van der Waals surface area contributed by atoms with Crippen molar-refractivity contribution in [2.45, 2.75) is 50.1 Å². The lowest BCUT2D eigenvalue weighted by Gasteiger charge is -2.31. The second-order valence-electron chi connectivity index (χ2n) is 6.51. The van der Waals surface area contributed by atoms with Crippen LogP contribution in [0.25, 0.3) is 0 Å². The lowest BCUT2D eigenvalue weighted by molar-refractivity contribution is -0.126. The van der Waals surface area contributed by atoms with Gasteiger partial charge in [0.1, 0.15) is 4.90 Å². The normalized spacial score (nSPS) is 26.7. The number of rotatable bonds is 3. The molecular formula is C16H26N4O4S. The van der Waals surface area contributed by atoms with Gasteiger partial charge in [-0.05, 0) is 26.2 Å². The summed E-state index contributed by atoms with van der Waals surface area (Å²) >= 11 is 0. The molecule has 9 heteroatoms. The van der Waals surface area contributed by atoms with Gasteiger partial charge < -0.3 is 10.1 Å². The summed E-state index contributed by atoms with van der Waals surface area (Å²) in [5, 5.41) is 6.97. The predicted molar refractivity (Wildman–Crippen MR) is 91.4 cm³/mol. The number of aryl methyl sites for hydroxylation is 1. The maximum atomic E-state index is 13.2. The molecule has 1 amide bonds. The van der Waals surface area contributed by atoms with Crippen LogP contribution in [0.3, 0.4) is 0 Å². The zero-order valence-corrected chi connectivity index (χ0v) is 15.4. The maximum absolute atomic E-state index is 13.2. The van der Waals surface area contributed by atoms with Gasteiger partial charge in [0.25, 0.3) is 0 Å². The van der Waals surface area contributed by atoms with Crippen LogP contribution < -0.4 is 5.32 Å². The van der Waals surface area contributed by atoms with Crippen molar-refractivity contribution in [3.63, 3.8) is 0 Å². The van der Waals surface area contributed by atoms with E-state index < -0.39 is 10.0 Å². The largest absolute Gasteiger partial charge is 0.380 e. The lowest BCUT2D eigenvalue weighted by Crippen LogP contribution is -2.47. The Morgan fingerprint density at radius 2 is 2.16 bits per heavy atom. The van der Waals surface area contributed by atoms with Gasteiger partial charge in [-0.3, -0.25) is 9.48 Å². The lowest BCUT2D eigenvalue weighted by atomic mass is 10.0. The van der Waals surface area contributed by atoms with Crippen molar-refractivity contribution in [2.24, 2.45) is 5.92 Å². The molecule has 1 aromatic heterocycles. The first-order valence-electron chi connectivity index (χ1n) is 8.94. The molecule has 0 aromatic carbocycles. The summed E-state index contributed by atoms with van der Waals surface area (Å²) < 4.78 is 35.0. The van der Waals surface area contributed by atoms with Gasteiger partial charge in [-0.25, -0.2) is 8.42 Å². The number of hydrogen-bond acceptors (Lipinski definition) is 5. The smallest absolute Gasteiger partial charge is 0.246 e. The third kappa shape index (κ3) is 3.88. The number of nitrogens with one attached hydrogen (secondary N) is 1. The second-order valence-corrected chi connectivity index (χ2v) is 8.40. The minimum absolute atomic E-state index is 0.0718. The Bertz CT molecular complexity index is 703. The summed E-state index contributed by atoms with van der Waals surface area (Å²) in [5.41, 5.74) is 0. The molecule has 1 saturated carbocycles. The summed E-state index contributed by atoms with van der Waals surface area (Å²) in [4.78, 5) is 12.7. The number of sulfonamides is 1. The van der Waals surface area contributed by atoms with E-state index in [0.717, 1.165) is 12.8 Å². The molecule has 8 nitrogen and oxygen atoms in total. The molecule has 140 valence electrons. The summed E-state index contributed by atoms with van der Waals surface area (Å²) in [6.45, 7) is 4.28. The van der Waals surface area contributed by atoms with Gasteiger partial charge in [-0.15, -0.1) is 0 Å². The number of amides is 1. The highest BCUT2D eigenvalue weighted by molar-refractivity contribution is 7.89. The molecule has 2 atom stereocenters. The summed E-state index contributed by atoms with van der Waals surface area (Å²) in [6.07, 6.45) is 5.85. The minimum Gasteiger partial charge on any atom is -0.380 e. The fourth-order valence-corrected chi connectivity index (χ4v) is 5.33. The SMILES string of the molecule is CCn1cc(S(=O)(=O)N2CCCOCCNC(=O)C3CCCC32)cn1. The highest BCUT2D eigenvalue weighted by Crippen LogP contribution is 2.34. The number of carbonyl (C=O) groups is 1. The molecule has 0 radical (unpaired) electrons. The molecule has 1 aliphatic carbocycles. The standard InChI is InChI=1S/C16H26N4O4S/c1-2-19-12-13(11-18-19)25(22,23)20-8-4-9-24-10-7-17-16(21)14-5-3-6-15(14)20/h11-12,14-15H,2-10H2,1H3,(H,17,21). The molecule has 1 saturated heterocycles. The van der Waals surface area contributed by atoms with Crippen LogP contribution in [-0.2, 0) is 26.1 Å². The summed E-state index contributed by atoms with van der Waals surface area (Å²) in [6, 6.07) is -0.298. The molecule has 3 rings (SSSR count). The quantitative estimate of drug-likeness (QED) is 0.841. The monoisotopic (exact) mass is 370 g/mol. The highest BCUT2D eigenvalue weighted by atomic mass is 32.2. The van der Waals surface area contributed by atoms with Crippen molar-refractivity contribution in [3.8, 4) is 0 Å². The first-order valence-corrected chi connectivity index (χ1v) is 10.4. The maximum Gasteiger partial charge on any atom is 0.246 e. The Morgan fingerprint density at radius 1 is 1.32 bits per heavy atom. The van der Waals surface area contributed by atoms with Crippen LogP contribution in [0.15, 0.2) is 17.3 Å². The van der Waals surface area contributed by atoms with Gasteiger partial charge in [-0.1, -0.05) is 6.42 Å². The topological polar surface area (TPSA) is 93.5 Å². The van der Waals surface area contributed by atoms with Gasteiger partial charge in [0.2, 0.25) is 15.9 Å². The van der Waals surface area contributed by atoms with Gasteiger partial charge in [0.15, 0.2) is 0 Å². The van der Waals surface area contributed by atoms with E-state index in [9.17, 15) is 13.2 Å². The van der Waals surface area contributed by atoms with E-state index in [1.807, 2.05) is 6.92 Å². The summed E-state index contributed by atoms with van der Waals surface area (Å²) in [5.74, 6) is -0.369. The molecule has 0 spiro atoms. The van der Waals surface area contributed by atoms with E-state index in [1.165, 1.54) is 10.5 Å². The van der Waals surface area contributed by atoms with E-state index in [2.05, 4.69) is 10.4 Å². The van der Waals surface area contributed by atoms with Crippen molar-refractivity contribution in [1.82, 2.24) is 19.4 Å². The number of ether oxygens (including phenoxy) is 1. The Morgan fingerprint density at radius 3 is 2.92 bits per heavy atom. The third-order valence-corrected chi connectivity index (χ3v) is 6.82. The van der Waals surface area contributed by atoms with E-state index in [4.69, 9.17) is 4.74 Å². The molecule has 2 aliphatic rings. The van der Waals surface area contributed by atoms with Gasteiger partial charge in [-0.2, -0.15) is 9.40 Å². The van der Waals surface area contributed by atoms with Crippen LogP contribution >= 0.6 is 0 Å². The second kappa shape index (κ2) is 7.84. The Balaban J connectivity index is 1.92. The van der Waals surface area contributed by atoms with Crippen LogP contribution in [0.1, 0.15) is 32.6 Å². The minimum atomic E-state index is -3.69. The molecular weight excluding hydrogens is 344 g/mol. The number of carbonyl (C=O) groups excluding carboxylic acids is 1.